The maximum absolute atomic E-state index is 14.7. The normalized spacial score (nSPS) is 18.2. The van der Waals surface area contributed by atoms with Crippen molar-refractivity contribution in [2.75, 3.05) is 6.26 Å². The summed E-state index contributed by atoms with van der Waals surface area (Å²) in [5.74, 6) is -10.6. The van der Waals surface area contributed by atoms with Gasteiger partial charge in [-0.15, -0.1) is 0 Å². The lowest BCUT2D eigenvalue weighted by Gasteiger charge is -2.28. The molecule has 3 aromatic carbocycles. The van der Waals surface area contributed by atoms with E-state index in [9.17, 15) is 22.0 Å². The molecule has 1 aliphatic heterocycles. The first-order chi connectivity index (χ1) is 12.8. The SMILES string of the molecule is Cc1cccc2c1[C@@H](c1c(F)c(F)c(F)c(F)c1F)c1ccccc1[S+]2C. The molecule has 4 rings (SSSR count). The lowest BCUT2D eigenvalue weighted by Crippen LogP contribution is -2.23. The Bertz CT molecular complexity index is 1050. The highest BCUT2D eigenvalue weighted by Crippen LogP contribution is 2.48. The maximum atomic E-state index is 14.7. The van der Waals surface area contributed by atoms with Crippen molar-refractivity contribution < 1.29 is 22.0 Å². The minimum atomic E-state index is -2.14. The average Bonchev–Trinajstić information content (AvgIpc) is 2.67. The Kier molecular flexibility index (Phi) is 4.26. The van der Waals surface area contributed by atoms with Crippen molar-refractivity contribution >= 4 is 10.9 Å². The largest absolute Gasteiger partial charge is 0.203 e. The van der Waals surface area contributed by atoms with Gasteiger partial charge >= 0.3 is 0 Å². The van der Waals surface area contributed by atoms with E-state index in [1.54, 1.807) is 31.2 Å². The second-order valence-electron chi connectivity index (χ2n) is 6.45. The molecule has 0 amide bonds. The number of benzene rings is 3. The lowest BCUT2D eigenvalue weighted by molar-refractivity contribution is 0.368. The quantitative estimate of drug-likeness (QED) is 0.211. The lowest BCUT2D eigenvalue weighted by atomic mass is 9.82. The van der Waals surface area contributed by atoms with E-state index in [0.717, 1.165) is 15.4 Å². The fourth-order valence-electron chi connectivity index (χ4n) is 3.74. The number of hydrogen-bond acceptors (Lipinski definition) is 0. The first-order valence-electron chi connectivity index (χ1n) is 8.20. The summed E-state index contributed by atoms with van der Waals surface area (Å²) in [6, 6.07) is 12.5. The summed E-state index contributed by atoms with van der Waals surface area (Å²) >= 11 is 0. The molecule has 6 heteroatoms. The summed E-state index contributed by atoms with van der Waals surface area (Å²) in [6.07, 6.45) is 1.99. The molecule has 0 bridgehead atoms. The average molecular weight is 393 g/mol. The van der Waals surface area contributed by atoms with Gasteiger partial charge in [0.25, 0.3) is 0 Å². The third kappa shape index (κ3) is 2.50. The Balaban J connectivity index is 2.14. The Hall–Kier alpha value is -2.34. The molecule has 1 unspecified atom stereocenters. The van der Waals surface area contributed by atoms with Crippen LogP contribution in [0.1, 0.15) is 28.2 Å². The van der Waals surface area contributed by atoms with Crippen LogP contribution in [-0.2, 0) is 10.9 Å². The van der Waals surface area contributed by atoms with Crippen molar-refractivity contribution in [2.24, 2.45) is 0 Å². The third-order valence-corrected chi connectivity index (χ3v) is 7.04. The molecule has 27 heavy (non-hydrogen) atoms. The molecule has 0 aliphatic carbocycles. The van der Waals surface area contributed by atoms with E-state index >= 15 is 0 Å². The summed E-state index contributed by atoms with van der Waals surface area (Å²) in [5, 5.41) is 0. The zero-order valence-corrected chi connectivity index (χ0v) is 15.2. The van der Waals surface area contributed by atoms with Crippen LogP contribution in [0.15, 0.2) is 52.3 Å². The van der Waals surface area contributed by atoms with E-state index in [1.165, 1.54) is 0 Å². The number of halogens is 5. The van der Waals surface area contributed by atoms with Crippen molar-refractivity contribution in [3.8, 4) is 0 Å². The van der Waals surface area contributed by atoms with E-state index in [0.29, 0.717) is 11.1 Å². The van der Waals surface area contributed by atoms with E-state index in [4.69, 9.17) is 0 Å². The highest BCUT2D eigenvalue weighted by Gasteiger charge is 2.43. The summed E-state index contributed by atoms with van der Waals surface area (Å²) in [4.78, 5) is 1.69. The minimum Gasteiger partial charge on any atom is -0.203 e. The standard InChI is InChI=1S/C21H14F5S/c1-10-6-5-9-13-14(10)15(11-7-3-4-8-12(11)27(13)2)16-17(22)19(24)21(26)20(25)18(16)23/h3-9,15H,1-2H3/q+1/t15-,27?/m0/s1. The molecule has 0 radical (unpaired) electrons. The van der Waals surface area contributed by atoms with E-state index < -0.39 is 40.6 Å². The fraction of sp³-hybridized carbons (Fsp3) is 0.143. The molecule has 0 nitrogen and oxygen atoms in total. The Labute approximate surface area is 156 Å². The second-order valence-corrected chi connectivity index (χ2v) is 8.35. The van der Waals surface area contributed by atoms with Crippen LogP contribution in [0, 0.1) is 36.0 Å². The van der Waals surface area contributed by atoms with Crippen molar-refractivity contribution in [3.63, 3.8) is 0 Å². The molecule has 1 aliphatic rings. The van der Waals surface area contributed by atoms with Crippen LogP contribution in [0.25, 0.3) is 0 Å². The molecular formula is C21H14F5S+. The topological polar surface area (TPSA) is 0 Å². The minimum absolute atomic E-state index is 0.380. The highest BCUT2D eigenvalue weighted by atomic mass is 32.2. The molecule has 2 atom stereocenters. The van der Waals surface area contributed by atoms with Crippen molar-refractivity contribution in [2.45, 2.75) is 22.6 Å². The fourth-order valence-corrected chi connectivity index (χ4v) is 5.69. The van der Waals surface area contributed by atoms with Crippen molar-refractivity contribution in [3.05, 3.63) is 93.8 Å². The van der Waals surface area contributed by atoms with Gasteiger partial charge in [-0.1, -0.05) is 30.3 Å². The van der Waals surface area contributed by atoms with E-state index in [-0.39, 0.29) is 10.9 Å². The molecule has 0 spiro atoms. The van der Waals surface area contributed by atoms with Crippen LogP contribution in [0.2, 0.25) is 0 Å². The number of fused-ring (bicyclic) bond motifs is 2. The van der Waals surface area contributed by atoms with Gasteiger partial charge in [-0.25, -0.2) is 22.0 Å². The molecule has 0 aromatic heterocycles. The van der Waals surface area contributed by atoms with Crippen LogP contribution in [0.5, 0.6) is 0 Å². The summed E-state index contributed by atoms with van der Waals surface area (Å²) < 4.78 is 70.8. The number of aryl methyl sites for hydroxylation is 1. The first kappa shape index (κ1) is 18.0. The molecule has 0 saturated heterocycles. The van der Waals surface area contributed by atoms with Gasteiger partial charge in [0.2, 0.25) is 5.82 Å². The predicted molar refractivity (Wildman–Crippen MR) is 94.6 cm³/mol. The van der Waals surface area contributed by atoms with Crippen LogP contribution in [-0.4, -0.2) is 6.26 Å². The first-order valence-corrected chi connectivity index (χ1v) is 9.83. The molecule has 3 aromatic rings. The Morgan fingerprint density at radius 3 is 1.89 bits per heavy atom. The summed E-state index contributed by atoms with van der Waals surface area (Å²) in [5.41, 5.74) is 1.11. The van der Waals surface area contributed by atoms with Crippen LogP contribution >= 0.6 is 0 Å². The Morgan fingerprint density at radius 1 is 0.667 bits per heavy atom. The molecule has 0 fully saturated rings. The van der Waals surface area contributed by atoms with Gasteiger partial charge in [-0.3, -0.25) is 0 Å². The number of hydrogen-bond donors (Lipinski definition) is 0. The predicted octanol–water partition coefficient (Wildman–Crippen LogP) is 5.85. The van der Waals surface area contributed by atoms with Gasteiger partial charge in [-0.05, 0) is 24.6 Å². The maximum Gasteiger partial charge on any atom is 0.200 e. The van der Waals surface area contributed by atoms with Gasteiger partial charge in [0.15, 0.2) is 33.1 Å². The molecule has 0 N–H and O–H groups in total. The van der Waals surface area contributed by atoms with E-state index in [2.05, 4.69) is 0 Å². The van der Waals surface area contributed by atoms with Crippen LogP contribution in [0.3, 0.4) is 0 Å². The monoisotopic (exact) mass is 393 g/mol. The zero-order valence-electron chi connectivity index (χ0n) is 14.4. The van der Waals surface area contributed by atoms with Crippen molar-refractivity contribution in [1.82, 2.24) is 0 Å². The second kappa shape index (κ2) is 6.37. The zero-order chi connectivity index (χ0) is 19.5. The van der Waals surface area contributed by atoms with Crippen LogP contribution in [0.4, 0.5) is 22.0 Å². The van der Waals surface area contributed by atoms with E-state index in [1.807, 2.05) is 24.5 Å². The van der Waals surface area contributed by atoms with Gasteiger partial charge < -0.3 is 0 Å². The molecular weight excluding hydrogens is 379 g/mol. The van der Waals surface area contributed by atoms with Gasteiger partial charge in [-0.2, -0.15) is 0 Å². The van der Waals surface area contributed by atoms with Gasteiger partial charge in [0.1, 0.15) is 6.26 Å². The summed E-state index contributed by atoms with van der Waals surface area (Å²) in [6.45, 7) is 1.78. The molecule has 138 valence electrons. The summed E-state index contributed by atoms with van der Waals surface area (Å²) in [7, 11) is -0.380. The highest BCUT2D eigenvalue weighted by molar-refractivity contribution is 7.96. The third-order valence-electron chi connectivity index (χ3n) is 4.99. The Morgan fingerprint density at radius 2 is 1.22 bits per heavy atom. The molecule has 0 saturated carbocycles. The molecule has 1 heterocycles. The number of rotatable bonds is 1. The smallest absolute Gasteiger partial charge is 0.200 e. The van der Waals surface area contributed by atoms with Gasteiger partial charge in [0, 0.05) is 16.7 Å². The van der Waals surface area contributed by atoms with Crippen LogP contribution < -0.4 is 0 Å². The van der Waals surface area contributed by atoms with Gasteiger partial charge in [0.05, 0.1) is 16.8 Å². The van der Waals surface area contributed by atoms with Crippen molar-refractivity contribution in [1.29, 1.82) is 0 Å².